The highest BCUT2D eigenvalue weighted by Crippen LogP contribution is 2.16. The van der Waals surface area contributed by atoms with Gasteiger partial charge in [0.25, 0.3) is 5.70 Å². The number of likely N-dealkylation sites (tertiary alicyclic amines) is 1. The number of piperidine rings is 1. The van der Waals surface area contributed by atoms with Crippen LogP contribution in [0, 0.1) is 10.1 Å². The minimum Gasteiger partial charge on any atom is -0.444 e. The van der Waals surface area contributed by atoms with Crippen molar-refractivity contribution in [1.29, 1.82) is 0 Å². The van der Waals surface area contributed by atoms with Crippen LogP contribution in [0.2, 0.25) is 0 Å². The van der Waals surface area contributed by atoms with Crippen molar-refractivity contribution < 1.29 is 14.5 Å². The standard InChI is InChI=1S/C18H30N4O4/c1-14(16(22(24)25)6-5-10-19)7-11-20-15-8-12-21(13-9-15)17(23)26-18(2,3)4/h5-6,10,15,20H,1,7-9,11-13,19H2,2-4H3/b10-5-,16-6+. The largest absolute Gasteiger partial charge is 0.444 e. The van der Waals surface area contributed by atoms with Crippen molar-refractivity contribution in [1.82, 2.24) is 10.2 Å². The van der Waals surface area contributed by atoms with Gasteiger partial charge in [0.2, 0.25) is 0 Å². The molecule has 146 valence electrons. The third kappa shape index (κ3) is 7.69. The van der Waals surface area contributed by atoms with Gasteiger partial charge in [-0.25, -0.2) is 4.79 Å². The van der Waals surface area contributed by atoms with Crippen LogP contribution in [0.1, 0.15) is 40.0 Å². The Labute approximate surface area is 154 Å². The molecule has 1 rings (SSSR count). The normalized spacial score (nSPS) is 16.7. The van der Waals surface area contributed by atoms with E-state index in [0.29, 0.717) is 31.6 Å². The summed E-state index contributed by atoms with van der Waals surface area (Å²) in [6.45, 7) is 11.2. The SMILES string of the molecule is C=C(CCNC1CCN(C(=O)OC(C)(C)C)CC1)/C(=C\C=C/N)[N+](=O)[O-]. The highest BCUT2D eigenvalue weighted by Gasteiger charge is 2.26. The van der Waals surface area contributed by atoms with E-state index >= 15 is 0 Å². The zero-order valence-corrected chi connectivity index (χ0v) is 15.9. The van der Waals surface area contributed by atoms with Crippen molar-refractivity contribution in [2.45, 2.75) is 51.7 Å². The minimum atomic E-state index is -0.492. The van der Waals surface area contributed by atoms with Gasteiger partial charge in [-0.05, 0) is 58.9 Å². The van der Waals surface area contributed by atoms with Gasteiger partial charge in [-0.1, -0.05) is 6.58 Å². The Balaban J connectivity index is 2.37. The molecular formula is C18H30N4O4. The maximum atomic E-state index is 12.0. The second-order valence-electron chi connectivity index (χ2n) is 7.24. The van der Waals surface area contributed by atoms with E-state index in [-0.39, 0.29) is 17.8 Å². The van der Waals surface area contributed by atoms with Crippen LogP contribution in [0.5, 0.6) is 0 Å². The van der Waals surface area contributed by atoms with E-state index in [1.165, 1.54) is 18.4 Å². The number of allylic oxidation sites excluding steroid dienone is 3. The molecule has 0 atom stereocenters. The Hall–Kier alpha value is -2.35. The van der Waals surface area contributed by atoms with Gasteiger partial charge in [0.05, 0.1) is 4.92 Å². The molecule has 1 aliphatic heterocycles. The maximum Gasteiger partial charge on any atom is 0.410 e. The minimum absolute atomic E-state index is 0.0340. The predicted octanol–water partition coefficient (Wildman–Crippen LogP) is 2.55. The van der Waals surface area contributed by atoms with Crippen LogP contribution in [-0.2, 0) is 4.74 Å². The number of amides is 1. The van der Waals surface area contributed by atoms with Crippen molar-refractivity contribution in [2.75, 3.05) is 19.6 Å². The van der Waals surface area contributed by atoms with Crippen molar-refractivity contribution in [3.05, 3.63) is 46.3 Å². The molecule has 1 aliphatic rings. The molecule has 0 aromatic heterocycles. The number of nitrogens with two attached hydrogens (primary N) is 1. The second-order valence-corrected chi connectivity index (χ2v) is 7.24. The van der Waals surface area contributed by atoms with Gasteiger partial charge in [-0.15, -0.1) is 0 Å². The van der Waals surface area contributed by atoms with Gasteiger partial charge in [0.15, 0.2) is 0 Å². The van der Waals surface area contributed by atoms with Crippen LogP contribution in [0.15, 0.2) is 36.2 Å². The van der Waals surface area contributed by atoms with E-state index in [1.807, 2.05) is 20.8 Å². The molecule has 1 amide bonds. The molecule has 8 nitrogen and oxygen atoms in total. The summed E-state index contributed by atoms with van der Waals surface area (Å²) in [7, 11) is 0. The maximum absolute atomic E-state index is 12.0. The average Bonchev–Trinajstić information content (AvgIpc) is 2.54. The molecule has 0 radical (unpaired) electrons. The fourth-order valence-electron chi connectivity index (χ4n) is 2.60. The van der Waals surface area contributed by atoms with Crippen molar-refractivity contribution >= 4 is 6.09 Å². The summed E-state index contributed by atoms with van der Waals surface area (Å²) in [6.07, 6.45) is 5.84. The summed E-state index contributed by atoms with van der Waals surface area (Å²) in [5.74, 6) is 0. The molecule has 1 heterocycles. The Morgan fingerprint density at radius 2 is 2.04 bits per heavy atom. The Bertz CT molecular complexity index is 570. The molecule has 0 aromatic rings. The lowest BCUT2D eigenvalue weighted by molar-refractivity contribution is -0.421. The number of hydrogen-bond donors (Lipinski definition) is 2. The van der Waals surface area contributed by atoms with E-state index in [9.17, 15) is 14.9 Å². The van der Waals surface area contributed by atoms with E-state index < -0.39 is 10.5 Å². The number of carbonyl (C=O) groups excluding carboxylic acids is 1. The molecule has 0 unspecified atom stereocenters. The van der Waals surface area contributed by atoms with Gasteiger partial charge in [-0.2, -0.15) is 0 Å². The fourth-order valence-corrected chi connectivity index (χ4v) is 2.60. The zero-order chi connectivity index (χ0) is 19.7. The molecule has 0 spiro atoms. The van der Waals surface area contributed by atoms with Crippen LogP contribution in [0.4, 0.5) is 4.79 Å². The van der Waals surface area contributed by atoms with Crippen molar-refractivity contribution in [3.8, 4) is 0 Å². The molecular weight excluding hydrogens is 336 g/mol. The first-order chi connectivity index (χ1) is 12.1. The molecule has 1 saturated heterocycles. The van der Waals surface area contributed by atoms with Gasteiger partial charge in [-0.3, -0.25) is 10.1 Å². The summed E-state index contributed by atoms with van der Waals surface area (Å²) in [4.78, 5) is 24.3. The Kier molecular flexibility index (Phi) is 8.31. The highest BCUT2D eigenvalue weighted by atomic mass is 16.6. The lowest BCUT2D eigenvalue weighted by Crippen LogP contribution is -2.46. The van der Waals surface area contributed by atoms with Crippen molar-refractivity contribution in [2.24, 2.45) is 5.73 Å². The van der Waals surface area contributed by atoms with Gasteiger partial charge < -0.3 is 20.7 Å². The predicted molar refractivity (Wildman–Crippen MR) is 101 cm³/mol. The summed E-state index contributed by atoms with van der Waals surface area (Å²) in [5.41, 5.74) is 5.14. The third-order valence-electron chi connectivity index (χ3n) is 3.93. The smallest absolute Gasteiger partial charge is 0.410 e. The number of carbonyl (C=O) groups is 1. The molecule has 26 heavy (non-hydrogen) atoms. The molecule has 1 fully saturated rings. The molecule has 0 aromatic carbocycles. The van der Waals surface area contributed by atoms with E-state index in [1.54, 1.807) is 4.90 Å². The monoisotopic (exact) mass is 366 g/mol. The molecule has 8 heteroatoms. The van der Waals surface area contributed by atoms with Crippen LogP contribution < -0.4 is 11.1 Å². The summed E-state index contributed by atoms with van der Waals surface area (Å²) >= 11 is 0. The Morgan fingerprint density at radius 1 is 1.42 bits per heavy atom. The number of nitrogens with one attached hydrogen (secondary N) is 1. The van der Waals surface area contributed by atoms with Gasteiger partial charge in [0.1, 0.15) is 5.60 Å². The lowest BCUT2D eigenvalue weighted by Gasteiger charge is -2.33. The number of rotatable bonds is 7. The zero-order valence-electron chi connectivity index (χ0n) is 15.9. The number of nitro groups is 1. The van der Waals surface area contributed by atoms with Crippen LogP contribution in [0.25, 0.3) is 0 Å². The van der Waals surface area contributed by atoms with Crippen molar-refractivity contribution in [3.63, 3.8) is 0 Å². The first-order valence-corrected chi connectivity index (χ1v) is 8.76. The fraction of sp³-hybridized carbons (Fsp3) is 0.611. The third-order valence-corrected chi connectivity index (χ3v) is 3.93. The van der Waals surface area contributed by atoms with E-state index in [2.05, 4.69) is 11.9 Å². The topological polar surface area (TPSA) is 111 Å². The number of nitrogens with zero attached hydrogens (tertiary/aromatic N) is 2. The van der Waals surface area contributed by atoms with Crippen LogP contribution in [0.3, 0.4) is 0 Å². The second kappa shape index (κ2) is 9.96. The van der Waals surface area contributed by atoms with E-state index in [4.69, 9.17) is 10.5 Å². The Morgan fingerprint density at radius 3 is 2.54 bits per heavy atom. The summed E-state index contributed by atoms with van der Waals surface area (Å²) in [5, 5.41) is 14.4. The van der Waals surface area contributed by atoms with Gasteiger partial charge in [0, 0.05) is 30.8 Å². The first kappa shape index (κ1) is 21.7. The van der Waals surface area contributed by atoms with Gasteiger partial charge >= 0.3 is 6.09 Å². The highest BCUT2D eigenvalue weighted by molar-refractivity contribution is 5.68. The van der Waals surface area contributed by atoms with Crippen LogP contribution in [-0.4, -0.2) is 47.2 Å². The van der Waals surface area contributed by atoms with E-state index in [0.717, 1.165) is 12.8 Å². The van der Waals surface area contributed by atoms with Crippen LogP contribution >= 0.6 is 0 Å². The lowest BCUT2D eigenvalue weighted by atomic mass is 10.0. The molecule has 3 N–H and O–H groups in total. The molecule has 0 bridgehead atoms. The summed E-state index contributed by atoms with van der Waals surface area (Å²) < 4.78 is 5.38. The average molecular weight is 366 g/mol. The summed E-state index contributed by atoms with van der Waals surface area (Å²) in [6, 6.07) is 0.272. The molecule has 0 aliphatic carbocycles. The quantitative estimate of drug-likeness (QED) is 0.407. The number of ether oxygens (including phenoxy) is 1. The number of hydrogen-bond acceptors (Lipinski definition) is 6. The first-order valence-electron chi connectivity index (χ1n) is 8.76. The molecule has 0 saturated carbocycles.